The molecule has 0 bridgehead atoms. The van der Waals surface area contributed by atoms with E-state index in [0.29, 0.717) is 4.64 Å². The third-order valence-electron chi connectivity index (χ3n) is 2.59. The van der Waals surface area contributed by atoms with Crippen molar-refractivity contribution < 1.29 is 0 Å². The molecule has 2 aromatic heterocycles. The number of imidazole rings is 1. The van der Waals surface area contributed by atoms with E-state index in [0.717, 1.165) is 37.6 Å². The molecule has 2 aromatic rings. The average molecular weight is 263 g/mol. The van der Waals surface area contributed by atoms with Gasteiger partial charge in [-0.3, -0.25) is 0 Å². The van der Waals surface area contributed by atoms with Crippen LogP contribution in [0.25, 0.3) is 0 Å². The van der Waals surface area contributed by atoms with Crippen molar-refractivity contribution in [2.24, 2.45) is 0 Å². The second kappa shape index (κ2) is 6.30. The molecule has 0 aliphatic carbocycles. The van der Waals surface area contributed by atoms with Gasteiger partial charge in [0.15, 0.2) is 0 Å². The number of anilines is 1. The van der Waals surface area contributed by atoms with Crippen molar-refractivity contribution in [3.8, 4) is 0 Å². The third-order valence-corrected chi connectivity index (χ3v) is 2.80. The van der Waals surface area contributed by atoms with Crippen LogP contribution in [-0.4, -0.2) is 26.1 Å². The molecule has 2 heterocycles. The van der Waals surface area contributed by atoms with Crippen molar-refractivity contribution >= 4 is 18.0 Å². The van der Waals surface area contributed by atoms with Crippen molar-refractivity contribution in [2.45, 2.75) is 26.3 Å². The fourth-order valence-corrected chi connectivity index (χ4v) is 1.90. The second-order valence-corrected chi connectivity index (χ2v) is 4.43. The van der Waals surface area contributed by atoms with Crippen molar-refractivity contribution in [3.63, 3.8) is 0 Å². The number of rotatable bonds is 6. The second-order valence-electron chi connectivity index (χ2n) is 4.01. The number of hydrogen-bond acceptors (Lipinski definition) is 4. The minimum Gasteiger partial charge on any atom is -0.371 e. The monoisotopic (exact) mass is 263 g/mol. The SMILES string of the molecule is CCc1nc(=S)cc(NCCCn2ccnc2)[nH]1. The van der Waals surface area contributed by atoms with Gasteiger partial charge in [-0.25, -0.2) is 9.97 Å². The average Bonchev–Trinajstić information content (AvgIpc) is 2.87. The Hall–Kier alpha value is -1.69. The lowest BCUT2D eigenvalue weighted by atomic mass is 10.4. The zero-order chi connectivity index (χ0) is 12.8. The van der Waals surface area contributed by atoms with E-state index in [1.165, 1.54) is 0 Å². The number of nitrogens with zero attached hydrogens (tertiary/aromatic N) is 3. The first-order valence-electron chi connectivity index (χ1n) is 6.08. The highest BCUT2D eigenvalue weighted by Gasteiger charge is 1.97. The lowest BCUT2D eigenvalue weighted by Crippen LogP contribution is -2.08. The van der Waals surface area contributed by atoms with E-state index in [4.69, 9.17) is 12.2 Å². The van der Waals surface area contributed by atoms with Gasteiger partial charge in [-0.2, -0.15) is 0 Å². The quantitative estimate of drug-likeness (QED) is 0.620. The van der Waals surface area contributed by atoms with Gasteiger partial charge in [-0.05, 0) is 6.42 Å². The van der Waals surface area contributed by atoms with Crippen LogP contribution in [0.5, 0.6) is 0 Å². The minimum absolute atomic E-state index is 0.628. The molecule has 0 amide bonds. The molecule has 96 valence electrons. The molecule has 0 aliphatic heterocycles. The molecule has 5 nitrogen and oxygen atoms in total. The van der Waals surface area contributed by atoms with Crippen LogP contribution >= 0.6 is 12.2 Å². The van der Waals surface area contributed by atoms with Gasteiger partial charge < -0.3 is 14.9 Å². The van der Waals surface area contributed by atoms with Crippen molar-refractivity contribution in [1.29, 1.82) is 0 Å². The summed E-state index contributed by atoms with van der Waals surface area (Å²) in [4.78, 5) is 11.5. The number of aryl methyl sites for hydroxylation is 2. The Morgan fingerprint density at radius 1 is 1.50 bits per heavy atom. The van der Waals surface area contributed by atoms with Gasteiger partial charge in [0, 0.05) is 38.0 Å². The predicted molar refractivity (Wildman–Crippen MR) is 74.1 cm³/mol. The van der Waals surface area contributed by atoms with Gasteiger partial charge in [-0.1, -0.05) is 19.1 Å². The Labute approximate surface area is 111 Å². The standard InChI is InChI=1S/C12H17N5S/c1-2-10-15-11(8-12(18)16-10)14-4-3-6-17-7-5-13-9-17/h5,7-9H,2-4,6H2,1H3,(H2,14,15,16,18). The molecule has 0 unspecified atom stereocenters. The van der Waals surface area contributed by atoms with Crippen LogP contribution in [0.1, 0.15) is 19.2 Å². The lowest BCUT2D eigenvalue weighted by Gasteiger charge is -2.08. The molecule has 0 radical (unpaired) electrons. The van der Waals surface area contributed by atoms with E-state index in [1.807, 2.05) is 18.6 Å². The smallest absolute Gasteiger partial charge is 0.131 e. The van der Waals surface area contributed by atoms with Crippen LogP contribution in [0.15, 0.2) is 24.8 Å². The van der Waals surface area contributed by atoms with Crippen molar-refractivity contribution in [1.82, 2.24) is 19.5 Å². The molecular weight excluding hydrogens is 246 g/mol. The Bertz CT molecular complexity index is 532. The van der Waals surface area contributed by atoms with Crippen LogP contribution in [0.3, 0.4) is 0 Å². The van der Waals surface area contributed by atoms with E-state index in [9.17, 15) is 0 Å². The van der Waals surface area contributed by atoms with Crippen LogP contribution in [0.4, 0.5) is 5.82 Å². The summed E-state index contributed by atoms with van der Waals surface area (Å²) in [6, 6.07) is 1.85. The molecule has 0 aromatic carbocycles. The Balaban J connectivity index is 1.83. The van der Waals surface area contributed by atoms with Crippen LogP contribution in [0.2, 0.25) is 0 Å². The number of nitrogens with one attached hydrogen (secondary N) is 2. The fourth-order valence-electron chi connectivity index (χ4n) is 1.67. The first-order valence-corrected chi connectivity index (χ1v) is 6.48. The Morgan fingerprint density at radius 2 is 2.39 bits per heavy atom. The first kappa shape index (κ1) is 12.8. The topological polar surface area (TPSA) is 58.5 Å². The summed E-state index contributed by atoms with van der Waals surface area (Å²) in [6.45, 7) is 3.90. The minimum atomic E-state index is 0.628. The fraction of sp³-hybridized carbons (Fsp3) is 0.417. The molecule has 0 saturated carbocycles. The zero-order valence-electron chi connectivity index (χ0n) is 10.4. The van der Waals surface area contributed by atoms with E-state index in [1.54, 1.807) is 6.20 Å². The highest BCUT2D eigenvalue weighted by Crippen LogP contribution is 2.04. The number of H-pyrrole nitrogens is 1. The van der Waals surface area contributed by atoms with Gasteiger partial charge >= 0.3 is 0 Å². The highest BCUT2D eigenvalue weighted by molar-refractivity contribution is 7.71. The summed E-state index contributed by atoms with van der Waals surface area (Å²) < 4.78 is 2.69. The van der Waals surface area contributed by atoms with Crippen LogP contribution in [0, 0.1) is 4.64 Å². The van der Waals surface area contributed by atoms with Gasteiger partial charge in [0.2, 0.25) is 0 Å². The van der Waals surface area contributed by atoms with Crippen molar-refractivity contribution in [3.05, 3.63) is 35.3 Å². The third kappa shape index (κ3) is 3.66. The van der Waals surface area contributed by atoms with Gasteiger partial charge in [-0.15, -0.1) is 0 Å². The summed E-state index contributed by atoms with van der Waals surface area (Å²) in [5, 5.41) is 3.33. The molecular formula is C12H17N5S. The first-order chi connectivity index (χ1) is 8.78. The van der Waals surface area contributed by atoms with Crippen LogP contribution in [-0.2, 0) is 13.0 Å². The molecule has 0 spiro atoms. The largest absolute Gasteiger partial charge is 0.371 e. The highest BCUT2D eigenvalue weighted by atomic mass is 32.1. The van der Waals surface area contributed by atoms with Gasteiger partial charge in [0.05, 0.1) is 6.33 Å². The summed E-state index contributed by atoms with van der Waals surface area (Å²) in [5.74, 6) is 1.86. The van der Waals surface area contributed by atoms with E-state index >= 15 is 0 Å². The molecule has 18 heavy (non-hydrogen) atoms. The Morgan fingerprint density at radius 3 is 3.11 bits per heavy atom. The van der Waals surface area contributed by atoms with E-state index in [-0.39, 0.29) is 0 Å². The lowest BCUT2D eigenvalue weighted by molar-refractivity contribution is 0.659. The molecule has 0 aliphatic rings. The number of aromatic nitrogens is 4. The molecule has 0 saturated heterocycles. The zero-order valence-corrected chi connectivity index (χ0v) is 11.2. The number of aromatic amines is 1. The van der Waals surface area contributed by atoms with E-state index in [2.05, 4.69) is 31.8 Å². The molecule has 2 N–H and O–H groups in total. The van der Waals surface area contributed by atoms with Crippen molar-refractivity contribution in [2.75, 3.05) is 11.9 Å². The molecule has 0 fully saturated rings. The summed E-state index contributed by atoms with van der Waals surface area (Å²) in [7, 11) is 0. The summed E-state index contributed by atoms with van der Waals surface area (Å²) in [5.41, 5.74) is 0. The normalized spacial score (nSPS) is 10.5. The maximum Gasteiger partial charge on any atom is 0.131 e. The van der Waals surface area contributed by atoms with E-state index < -0.39 is 0 Å². The maximum absolute atomic E-state index is 5.11. The van der Waals surface area contributed by atoms with Gasteiger partial charge in [0.25, 0.3) is 0 Å². The molecule has 0 atom stereocenters. The predicted octanol–water partition coefficient (Wildman–Crippen LogP) is 2.40. The number of hydrogen-bond donors (Lipinski definition) is 2. The molecule has 2 rings (SSSR count). The Kier molecular flexibility index (Phi) is 4.46. The molecule has 6 heteroatoms. The summed E-state index contributed by atoms with van der Waals surface area (Å²) >= 11 is 5.11. The van der Waals surface area contributed by atoms with Gasteiger partial charge in [0.1, 0.15) is 16.3 Å². The maximum atomic E-state index is 5.11. The van der Waals surface area contributed by atoms with Crippen LogP contribution < -0.4 is 5.32 Å². The summed E-state index contributed by atoms with van der Waals surface area (Å²) in [6.07, 6.45) is 7.47.